The summed E-state index contributed by atoms with van der Waals surface area (Å²) in [6.07, 6.45) is -3.34. The lowest BCUT2D eigenvalue weighted by atomic mass is 10.0. The number of ether oxygens (including phenoxy) is 1. The molecule has 1 aromatic carbocycles. The van der Waals surface area contributed by atoms with Gasteiger partial charge in [-0.3, -0.25) is 14.7 Å². The van der Waals surface area contributed by atoms with Crippen molar-refractivity contribution in [1.82, 2.24) is 4.98 Å². The number of para-hydroxylation sites is 1. The van der Waals surface area contributed by atoms with Gasteiger partial charge in [-0.2, -0.15) is 13.2 Å². The molecule has 0 saturated heterocycles. The first-order valence-electron chi connectivity index (χ1n) is 8.88. The number of amides is 2. The van der Waals surface area contributed by atoms with E-state index in [9.17, 15) is 22.8 Å². The van der Waals surface area contributed by atoms with Gasteiger partial charge in [-0.25, -0.2) is 4.79 Å². The van der Waals surface area contributed by atoms with Gasteiger partial charge in [0.15, 0.2) is 0 Å². The molecule has 6 nitrogen and oxygen atoms in total. The first-order chi connectivity index (χ1) is 13.5. The maximum absolute atomic E-state index is 12.9. The molecular formula is C20H20F3N3O3. The molecule has 1 unspecified atom stereocenters. The van der Waals surface area contributed by atoms with Crippen LogP contribution in [0.4, 0.5) is 29.3 Å². The number of nitrogens with zero attached hydrogens (tertiary/aromatic N) is 2. The maximum atomic E-state index is 12.9. The first-order valence-corrected chi connectivity index (χ1v) is 8.88. The minimum absolute atomic E-state index is 0.0203. The van der Waals surface area contributed by atoms with Crippen molar-refractivity contribution in [2.45, 2.75) is 38.5 Å². The van der Waals surface area contributed by atoms with Crippen LogP contribution in [0.5, 0.6) is 0 Å². The van der Waals surface area contributed by atoms with Crippen LogP contribution in [0, 0.1) is 0 Å². The first kappa shape index (κ1) is 20.6. The van der Waals surface area contributed by atoms with Gasteiger partial charge >= 0.3 is 12.3 Å². The lowest BCUT2D eigenvalue weighted by molar-refractivity contribution is -0.137. The van der Waals surface area contributed by atoms with Crippen LogP contribution in [0.15, 0.2) is 42.7 Å². The SMILES string of the molecule is CC(C)(C)OC(=O)N1CC(C(=O)Nc2cncc(C(F)(F)F)c2)c2ccccc21. The lowest BCUT2D eigenvalue weighted by Gasteiger charge is -2.25. The molecule has 9 heteroatoms. The van der Waals surface area contributed by atoms with Gasteiger partial charge in [0.2, 0.25) is 5.91 Å². The van der Waals surface area contributed by atoms with Crippen LogP contribution in [0.3, 0.4) is 0 Å². The van der Waals surface area contributed by atoms with E-state index in [1.807, 2.05) is 0 Å². The zero-order valence-electron chi connectivity index (χ0n) is 16.1. The topological polar surface area (TPSA) is 71.5 Å². The fourth-order valence-corrected chi connectivity index (χ4v) is 3.01. The third-order valence-corrected chi connectivity index (χ3v) is 4.23. The Hall–Kier alpha value is -3.10. The van der Waals surface area contributed by atoms with Crippen LogP contribution in [-0.4, -0.2) is 29.1 Å². The highest BCUT2D eigenvalue weighted by Gasteiger charge is 2.38. The van der Waals surface area contributed by atoms with Crippen LogP contribution in [0.1, 0.15) is 37.8 Å². The minimum atomic E-state index is -4.57. The van der Waals surface area contributed by atoms with Crippen LogP contribution in [0.25, 0.3) is 0 Å². The molecule has 154 valence electrons. The number of pyridine rings is 1. The standard InChI is InChI=1S/C20H20F3N3O3/c1-19(2,3)29-18(28)26-11-15(14-6-4-5-7-16(14)26)17(27)25-13-8-12(9-24-10-13)20(21,22)23/h4-10,15H,11H2,1-3H3,(H,25,27). The van der Waals surface area contributed by atoms with Gasteiger partial charge < -0.3 is 10.1 Å². The number of anilines is 2. The summed E-state index contributed by atoms with van der Waals surface area (Å²) in [6.45, 7) is 5.22. The second kappa shape index (κ2) is 7.38. The van der Waals surface area contributed by atoms with E-state index in [1.54, 1.807) is 45.0 Å². The largest absolute Gasteiger partial charge is 0.443 e. The number of hydrogen-bond acceptors (Lipinski definition) is 4. The van der Waals surface area contributed by atoms with Gasteiger partial charge in [0.05, 0.1) is 29.1 Å². The Bertz CT molecular complexity index is 938. The predicted molar refractivity (Wildman–Crippen MR) is 101 cm³/mol. The Balaban J connectivity index is 1.82. The summed E-state index contributed by atoms with van der Waals surface area (Å²) in [5.41, 5.74) is -0.619. The number of nitrogens with one attached hydrogen (secondary N) is 1. The fraction of sp³-hybridized carbons (Fsp3) is 0.350. The molecule has 0 aliphatic carbocycles. The van der Waals surface area contributed by atoms with Crippen molar-refractivity contribution in [2.24, 2.45) is 0 Å². The van der Waals surface area contributed by atoms with E-state index in [4.69, 9.17) is 4.74 Å². The second-order valence-corrected chi connectivity index (χ2v) is 7.65. The maximum Gasteiger partial charge on any atom is 0.417 e. The van der Waals surface area contributed by atoms with E-state index in [2.05, 4.69) is 10.3 Å². The summed E-state index contributed by atoms with van der Waals surface area (Å²) >= 11 is 0. The monoisotopic (exact) mass is 407 g/mol. The van der Waals surface area contributed by atoms with Crippen molar-refractivity contribution in [1.29, 1.82) is 0 Å². The van der Waals surface area contributed by atoms with Crippen LogP contribution >= 0.6 is 0 Å². The number of rotatable bonds is 2. The molecule has 1 aliphatic heterocycles. The molecule has 1 aliphatic rings. The number of alkyl halides is 3. The molecule has 0 radical (unpaired) electrons. The van der Waals surface area contributed by atoms with Gasteiger partial charge in [0.25, 0.3) is 0 Å². The number of benzene rings is 1. The number of hydrogen-bond donors (Lipinski definition) is 1. The van der Waals surface area contributed by atoms with E-state index in [1.165, 1.54) is 4.90 Å². The van der Waals surface area contributed by atoms with Gasteiger partial charge in [-0.05, 0) is 38.5 Å². The lowest BCUT2D eigenvalue weighted by Crippen LogP contribution is -2.37. The van der Waals surface area contributed by atoms with E-state index in [0.717, 1.165) is 12.3 Å². The predicted octanol–water partition coefficient (Wildman–Crippen LogP) is 4.58. The number of halogens is 3. The average Bonchev–Trinajstić information content (AvgIpc) is 3.00. The summed E-state index contributed by atoms with van der Waals surface area (Å²) in [6, 6.07) is 7.67. The molecule has 2 amide bonds. The molecule has 0 spiro atoms. The normalized spacial score (nSPS) is 16.3. The van der Waals surface area contributed by atoms with Crippen LogP contribution in [0.2, 0.25) is 0 Å². The zero-order chi connectivity index (χ0) is 21.4. The highest BCUT2D eigenvalue weighted by atomic mass is 19.4. The molecule has 2 aromatic rings. The third-order valence-electron chi connectivity index (χ3n) is 4.23. The summed E-state index contributed by atoms with van der Waals surface area (Å²) in [7, 11) is 0. The smallest absolute Gasteiger partial charge is 0.417 e. The number of carbonyl (C=O) groups excluding carboxylic acids is 2. The highest BCUT2D eigenvalue weighted by Crippen LogP contribution is 2.38. The van der Waals surface area contributed by atoms with Crippen molar-refractivity contribution in [2.75, 3.05) is 16.8 Å². The van der Waals surface area contributed by atoms with Gasteiger partial charge in [0, 0.05) is 12.7 Å². The molecule has 0 fully saturated rings. The third kappa shape index (κ3) is 4.67. The molecule has 0 bridgehead atoms. The van der Waals surface area contributed by atoms with E-state index in [-0.39, 0.29) is 12.2 Å². The van der Waals surface area contributed by atoms with Crippen molar-refractivity contribution >= 4 is 23.4 Å². The van der Waals surface area contributed by atoms with Crippen molar-refractivity contribution in [3.8, 4) is 0 Å². The van der Waals surface area contributed by atoms with Crippen LogP contribution < -0.4 is 10.2 Å². The minimum Gasteiger partial charge on any atom is -0.443 e. The summed E-state index contributed by atoms with van der Waals surface area (Å²) in [5.74, 6) is -1.29. The van der Waals surface area contributed by atoms with E-state index in [0.29, 0.717) is 17.4 Å². The van der Waals surface area contributed by atoms with Crippen molar-refractivity contribution < 1.29 is 27.5 Å². The number of aromatic nitrogens is 1. The van der Waals surface area contributed by atoms with Gasteiger partial charge in [-0.15, -0.1) is 0 Å². The Morgan fingerprint density at radius 1 is 1.17 bits per heavy atom. The van der Waals surface area contributed by atoms with Crippen molar-refractivity contribution in [3.05, 3.63) is 53.9 Å². The summed E-state index contributed by atoms with van der Waals surface area (Å²) in [4.78, 5) is 30.2. The van der Waals surface area contributed by atoms with Gasteiger partial charge in [0.1, 0.15) is 5.60 Å². The molecular weight excluding hydrogens is 387 g/mol. The summed E-state index contributed by atoms with van der Waals surface area (Å²) in [5, 5.41) is 2.46. The molecule has 1 aromatic heterocycles. The number of carbonyl (C=O) groups is 2. The zero-order valence-corrected chi connectivity index (χ0v) is 16.1. The molecule has 1 N–H and O–H groups in total. The van der Waals surface area contributed by atoms with E-state index < -0.39 is 35.3 Å². The van der Waals surface area contributed by atoms with Gasteiger partial charge in [-0.1, -0.05) is 18.2 Å². The average molecular weight is 407 g/mol. The van der Waals surface area contributed by atoms with Crippen LogP contribution in [-0.2, 0) is 15.7 Å². The Morgan fingerprint density at radius 3 is 2.52 bits per heavy atom. The number of fused-ring (bicyclic) bond motifs is 1. The quantitative estimate of drug-likeness (QED) is 0.791. The van der Waals surface area contributed by atoms with Crippen molar-refractivity contribution in [3.63, 3.8) is 0 Å². The van der Waals surface area contributed by atoms with E-state index >= 15 is 0 Å². The molecule has 0 saturated carbocycles. The summed E-state index contributed by atoms with van der Waals surface area (Å²) < 4.78 is 44.0. The molecule has 29 heavy (non-hydrogen) atoms. The molecule has 2 heterocycles. The second-order valence-electron chi connectivity index (χ2n) is 7.65. The fourth-order valence-electron chi connectivity index (χ4n) is 3.01. The Kier molecular flexibility index (Phi) is 5.25. The Morgan fingerprint density at radius 2 is 1.86 bits per heavy atom. The highest BCUT2D eigenvalue weighted by molar-refractivity contribution is 6.02. The molecule has 1 atom stereocenters. The Labute approximate surface area is 165 Å². The molecule has 3 rings (SSSR count).